The molecule has 1 saturated heterocycles. The highest BCUT2D eigenvalue weighted by Gasteiger charge is 2.23. The van der Waals surface area contributed by atoms with E-state index < -0.39 is 0 Å². The number of hydrogen-bond donors (Lipinski definition) is 2. The van der Waals surface area contributed by atoms with Gasteiger partial charge in [-0.3, -0.25) is 14.5 Å². The maximum absolute atomic E-state index is 11.5. The molecule has 2 rings (SSSR count). The fourth-order valence-electron chi connectivity index (χ4n) is 3.53. The number of piperidine rings is 1. The molecule has 0 saturated carbocycles. The Morgan fingerprint density at radius 1 is 1.37 bits per heavy atom. The molecule has 1 aliphatic rings. The quantitative estimate of drug-likeness (QED) is 0.364. The number of hydrogen-bond acceptors (Lipinski definition) is 3. The van der Waals surface area contributed by atoms with Crippen molar-refractivity contribution >= 4 is 35.8 Å². The van der Waals surface area contributed by atoms with Gasteiger partial charge < -0.3 is 15.5 Å². The Kier molecular flexibility index (Phi) is 10.1. The average Bonchev–Trinajstić information content (AvgIpc) is 2.93. The highest BCUT2D eigenvalue weighted by atomic mass is 127. The molecule has 1 aromatic rings. The van der Waals surface area contributed by atoms with Gasteiger partial charge in [-0.25, -0.2) is 0 Å². The molecule has 1 aliphatic heterocycles. The summed E-state index contributed by atoms with van der Waals surface area (Å²) in [5.74, 6) is 2.04. The van der Waals surface area contributed by atoms with Crippen molar-refractivity contribution in [3.63, 3.8) is 0 Å². The van der Waals surface area contributed by atoms with Crippen molar-refractivity contribution in [2.45, 2.75) is 46.6 Å². The third kappa shape index (κ3) is 7.31. The maximum atomic E-state index is 11.5. The van der Waals surface area contributed by atoms with Gasteiger partial charge in [-0.2, -0.15) is 5.10 Å². The summed E-state index contributed by atoms with van der Waals surface area (Å²) < 4.78 is 2.08. The van der Waals surface area contributed by atoms with E-state index in [1.165, 1.54) is 5.69 Å². The van der Waals surface area contributed by atoms with Gasteiger partial charge in [-0.05, 0) is 44.6 Å². The normalized spacial score (nSPS) is 16.6. The van der Waals surface area contributed by atoms with Crippen molar-refractivity contribution in [1.82, 2.24) is 25.3 Å². The molecule has 1 fully saturated rings. The largest absolute Gasteiger partial charge is 0.359 e. The topological polar surface area (TPSA) is 74.5 Å². The van der Waals surface area contributed by atoms with Crippen LogP contribution >= 0.6 is 24.0 Å². The summed E-state index contributed by atoms with van der Waals surface area (Å²) >= 11 is 0. The van der Waals surface area contributed by atoms with Gasteiger partial charge in [-0.15, -0.1) is 24.0 Å². The highest BCUT2D eigenvalue weighted by molar-refractivity contribution is 14.0. The third-order valence-corrected chi connectivity index (χ3v) is 5.08. The second-order valence-electron chi connectivity index (χ2n) is 7.45. The van der Waals surface area contributed by atoms with E-state index in [4.69, 9.17) is 0 Å². The lowest BCUT2D eigenvalue weighted by molar-refractivity contribution is -0.121. The van der Waals surface area contributed by atoms with Gasteiger partial charge in [0.15, 0.2) is 5.96 Å². The van der Waals surface area contributed by atoms with Gasteiger partial charge in [0.1, 0.15) is 0 Å². The molecule has 7 nitrogen and oxygen atoms in total. The first kappa shape index (κ1) is 23.7. The number of amides is 1. The Bertz CT molecular complexity index is 622. The third-order valence-electron chi connectivity index (χ3n) is 5.08. The Labute approximate surface area is 180 Å². The SMILES string of the molecule is CN=C(NCC(C)Cn1nc(C)cc1C)N1CCC(CC(=O)NC)CC1.I. The average molecular weight is 490 g/mol. The van der Waals surface area contributed by atoms with E-state index in [-0.39, 0.29) is 29.9 Å². The minimum absolute atomic E-state index is 0. The first-order valence-electron chi connectivity index (χ1n) is 9.60. The number of nitrogens with one attached hydrogen (secondary N) is 2. The van der Waals surface area contributed by atoms with E-state index in [0.717, 1.165) is 50.7 Å². The van der Waals surface area contributed by atoms with Crippen LogP contribution in [0.3, 0.4) is 0 Å². The van der Waals surface area contributed by atoms with Crippen LogP contribution in [0.2, 0.25) is 0 Å². The van der Waals surface area contributed by atoms with Crippen LogP contribution < -0.4 is 10.6 Å². The standard InChI is InChI=1S/C19H34N6O.HI/c1-14(13-25-16(3)10-15(2)23-25)12-22-19(21-5)24-8-6-17(7-9-24)11-18(26)20-4;/h10,14,17H,6-9,11-13H2,1-5H3,(H,20,26)(H,21,22);1H. The van der Waals surface area contributed by atoms with Crippen molar-refractivity contribution < 1.29 is 4.79 Å². The van der Waals surface area contributed by atoms with Crippen molar-refractivity contribution in [2.75, 3.05) is 33.7 Å². The molecule has 1 amide bonds. The van der Waals surface area contributed by atoms with Crippen LogP contribution in [-0.4, -0.2) is 60.3 Å². The fraction of sp³-hybridized carbons (Fsp3) is 0.737. The Balaban J connectivity index is 0.00000364. The minimum Gasteiger partial charge on any atom is -0.359 e. The Morgan fingerprint density at radius 2 is 2.04 bits per heavy atom. The zero-order valence-corrected chi connectivity index (χ0v) is 19.6. The summed E-state index contributed by atoms with van der Waals surface area (Å²) in [6.07, 6.45) is 2.71. The second kappa shape index (κ2) is 11.5. The zero-order valence-electron chi connectivity index (χ0n) is 17.3. The van der Waals surface area contributed by atoms with Gasteiger partial charge in [0, 0.05) is 52.4 Å². The lowest BCUT2D eigenvalue weighted by atomic mass is 9.93. The van der Waals surface area contributed by atoms with Crippen molar-refractivity contribution in [1.29, 1.82) is 0 Å². The Morgan fingerprint density at radius 3 is 2.56 bits per heavy atom. The molecule has 0 bridgehead atoms. The lowest BCUT2D eigenvalue weighted by Gasteiger charge is -2.34. The molecule has 1 aromatic heterocycles. The molecule has 1 atom stereocenters. The number of aromatic nitrogens is 2. The summed E-state index contributed by atoms with van der Waals surface area (Å²) in [4.78, 5) is 18.3. The minimum atomic E-state index is 0. The van der Waals surface area contributed by atoms with Crippen molar-refractivity contribution in [3.8, 4) is 0 Å². The predicted molar refractivity (Wildman–Crippen MR) is 121 cm³/mol. The highest BCUT2D eigenvalue weighted by Crippen LogP contribution is 2.20. The van der Waals surface area contributed by atoms with Gasteiger partial charge in [-0.1, -0.05) is 6.92 Å². The fourth-order valence-corrected chi connectivity index (χ4v) is 3.53. The van der Waals surface area contributed by atoms with Crippen LogP contribution in [0.1, 0.15) is 37.6 Å². The number of rotatable bonds is 6. The number of carbonyl (C=O) groups excluding carboxylic acids is 1. The van der Waals surface area contributed by atoms with Crippen molar-refractivity contribution in [2.24, 2.45) is 16.8 Å². The van der Waals surface area contributed by atoms with E-state index in [1.807, 2.05) is 14.0 Å². The van der Waals surface area contributed by atoms with Crippen LogP contribution in [0.4, 0.5) is 0 Å². The number of likely N-dealkylation sites (tertiary alicyclic amines) is 1. The number of aliphatic imine (C=N–C) groups is 1. The molecule has 0 radical (unpaired) electrons. The van der Waals surface area contributed by atoms with Gasteiger partial charge >= 0.3 is 0 Å². The van der Waals surface area contributed by atoms with E-state index >= 15 is 0 Å². The Hall–Kier alpha value is -1.32. The zero-order chi connectivity index (χ0) is 19.1. The summed E-state index contributed by atoms with van der Waals surface area (Å²) in [5.41, 5.74) is 2.27. The number of nitrogens with zero attached hydrogens (tertiary/aromatic N) is 4. The van der Waals surface area contributed by atoms with E-state index in [2.05, 4.69) is 50.2 Å². The molecule has 0 aliphatic carbocycles. The van der Waals surface area contributed by atoms with Crippen LogP contribution in [0, 0.1) is 25.7 Å². The molecule has 2 heterocycles. The molecular weight excluding hydrogens is 455 g/mol. The lowest BCUT2D eigenvalue weighted by Crippen LogP contribution is -2.47. The smallest absolute Gasteiger partial charge is 0.220 e. The molecule has 154 valence electrons. The van der Waals surface area contributed by atoms with Crippen molar-refractivity contribution in [3.05, 3.63) is 17.5 Å². The monoisotopic (exact) mass is 490 g/mol. The van der Waals surface area contributed by atoms with Crippen LogP contribution in [-0.2, 0) is 11.3 Å². The molecule has 27 heavy (non-hydrogen) atoms. The summed E-state index contributed by atoms with van der Waals surface area (Å²) in [6.45, 7) is 10.0. The summed E-state index contributed by atoms with van der Waals surface area (Å²) in [6, 6.07) is 2.11. The van der Waals surface area contributed by atoms with Gasteiger partial charge in [0.05, 0.1) is 5.69 Å². The first-order valence-corrected chi connectivity index (χ1v) is 9.60. The first-order chi connectivity index (χ1) is 12.4. The van der Waals surface area contributed by atoms with Crippen LogP contribution in [0.25, 0.3) is 0 Å². The molecule has 2 N–H and O–H groups in total. The number of guanidine groups is 1. The van der Waals surface area contributed by atoms with Gasteiger partial charge in [0.25, 0.3) is 0 Å². The summed E-state index contributed by atoms with van der Waals surface area (Å²) in [5, 5.41) is 10.8. The van der Waals surface area contributed by atoms with Crippen LogP contribution in [0.5, 0.6) is 0 Å². The molecule has 0 spiro atoms. The van der Waals surface area contributed by atoms with E-state index in [9.17, 15) is 4.79 Å². The summed E-state index contributed by atoms with van der Waals surface area (Å²) in [7, 11) is 3.54. The van der Waals surface area contributed by atoms with Crippen LogP contribution in [0.15, 0.2) is 11.1 Å². The molecule has 8 heteroatoms. The second-order valence-corrected chi connectivity index (χ2v) is 7.45. The molecule has 0 aromatic carbocycles. The van der Waals surface area contributed by atoms with E-state index in [0.29, 0.717) is 18.3 Å². The number of aryl methyl sites for hydroxylation is 2. The molecular formula is C19H35IN6O. The molecule has 1 unspecified atom stereocenters. The van der Waals surface area contributed by atoms with Gasteiger partial charge in [0.2, 0.25) is 5.91 Å². The maximum Gasteiger partial charge on any atom is 0.220 e. The van der Waals surface area contributed by atoms with E-state index in [1.54, 1.807) is 7.05 Å². The predicted octanol–water partition coefficient (Wildman–Crippen LogP) is 2.18. The number of halogens is 1. The number of carbonyl (C=O) groups is 1.